The molecule has 0 spiro atoms. The smallest absolute Gasteiger partial charge is 0.313 e. The zero-order chi connectivity index (χ0) is 17.3. The molecule has 0 amide bonds. The Balaban J connectivity index is 0.00000225. The summed E-state index contributed by atoms with van der Waals surface area (Å²) in [7, 11) is -3.82. The number of nitrogens with one attached hydrogen (secondary N) is 1. The number of sulfonamides is 1. The summed E-state index contributed by atoms with van der Waals surface area (Å²) in [5.41, 5.74) is 0.782. The Morgan fingerprint density at radius 2 is 2.08 bits per heavy atom. The molecule has 1 aromatic heterocycles. The minimum Gasteiger partial charge on any atom is -0.313 e. The van der Waals surface area contributed by atoms with Crippen LogP contribution in [0.25, 0.3) is 0 Å². The zero-order valence-corrected chi connectivity index (χ0v) is 16.0. The number of rotatable bonds is 4. The standard InChI is InChI=1S/C14H14ClN3O4S2.ClH/c15-11-3-1-2-10(8-11)12-9-16-6-7-17(12)24(21,22)14-5-4-13(23-14)18(19)20;/h1-5,8,12,16H,6-7,9H2;1H. The molecule has 1 aliphatic rings. The fourth-order valence-corrected chi connectivity index (χ4v) is 5.68. The highest BCUT2D eigenvalue weighted by atomic mass is 35.5. The van der Waals surface area contributed by atoms with Crippen molar-refractivity contribution in [2.45, 2.75) is 10.3 Å². The summed E-state index contributed by atoms with van der Waals surface area (Å²) < 4.78 is 27.2. The van der Waals surface area contributed by atoms with Gasteiger partial charge in [0.2, 0.25) is 0 Å². The molecule has 0 radical (unpaired) electrons. The molecule has 1 atom stereocenters. The van der Waals surface area contributed by atoms with E-state index in [4.69, 9.17) is 11.6 Å². The normalized spacial score (nSPS) is 18.5. The predicted molar refractivity (Wildman–Crippen MR) is 99.2 cm³/mol. The van der Waals surface area contributed by atoms with Gasteiger partial charge in [0.05, 0.1) is 11.0 Å². The van der Waals surface area contributed by atoms with Crippen molar-refractivity contribution in [3.05, 3.63) is 57.1 Å². The molecule has 3 rings (SSSR count). The SMILES string of the molecule is Cl.O=[N+]([O-])c1ccc(S(=O)(=O)N2CCNCC2c2cccc(Cl)c2)s1. The van der Waals surface area contributed by atoms with Crippen molar-refractivity contribution in [3.8, 4) is 0 Å². The van der Waals surface area contributed by atoms with Crippen LogP contribution in [0.3, 0.4) is 0 Å². The van der Waals surface area contributed by atoms with Crippen LogP contribution in [-0.4, -0.2) is 37.3 Å². The maximum absolute atomic E-state index is 12.9. The predicted octanol–water partition coefficient (Wildman–Crippen LogP) is 3.07. The van der Waals surface area contributed by atoms with Gasteiger partial charge < -0.3 is 5.32 Å². The lowest BCUT2D eigenvalue weighted by atomic mass is 10.1. The second-order valence-corrected chi connectivity index (χ2v) is 8.86. The number of benzene rings is 1. The molecule has 1 N–H and O–H groups in total. The van der Waals surface area contributed by atoms with Crippen LogP contribution in [0.15, 0.2) is 40.6 Å². The van der Waals surface area contributed by atoms with E-state index in [1.165, 1.54) is 16.4 Å². The van der Waals surface area contributed by atoms with Gasteiger partial charge in [-0.3, -0.25) is 10.1 Å². The first-order valence-electron chi connectivity index (χ1n) is 7.12. The Bertz CT molecular complexity index is 872. The summed E-state index contributed by atoms with van der Waals surface area (Å²) in [6.07, 6.45) is 0. The van der Waals surface area contributed by atoms with Crippen LogP contribution in [-0.2, 0) is 10.0 Å². The maximum atomic E-state index is 12.9. The number of nitrogens with zero attached hydrogens (tertiary/aromatic N) is 2. The topological polar surface area (TPSA) is 92.5 Å². The summed E-state index contributed by atoms with van der Waals surface area (Å²) in [5.74, 6) is 0. The molecule has 0 bridgehead atoms. The van der Waals surface area contributed by atoms with Crippen molar-refractivity contribution in [1.29, 1.82) is 0 Å². The second kappa shape index (κ2) is 7.98. The van der Waals surface area contributed by atoms with Crippen LogP contribution >= 0.6 is 35.3 Å². The van der Waals surface area contributed by atoms with Gasteiger partial charge in [-0.05, 0) is 35.1 Å². The number of piperazine rings is 1. The van der Waals surface area contributed by atoms with E-state index in [9.17, 15) is 18.5 Å². The molecule has 1 saturated heterocycles. The Hall–Kier alpha value is -1.23. The molecular weight excluding hydrogens is 409 g/mol. The van der Waals surface area contributed by atoms with Crippen molar-refractivity contribution in [2.75, 3.05) is 19.6 Å². The average molecular weight is 424 g/mol. The summed E-state index contributed by atoms with van der Waals surface area (Å²) in [5, 5.41) is 14.3. The summed E-state index contributed by atoms with van der Waals surface area (Å²) in [6.45, 7) is 1.25. The fraction of sp³-hybridized carbons (Fsp3) is 0.286. The van der Waals surface area contributed by atoms with Crippen LogP contribution in [0.2, 0.25) is 5.02 Å². The van der Waals surface area contributed by atoms with Crippen molar-refractivity contribution in [2.24, 2.45) is 0 Å². The van der Waals surface area contributed by atoms with Crippen LogP contribution in [0, 0.1) is 10.1 Å². The largest absolute Gasteiger partial charge is 0.325 e. The van der Waals surface area contributed by atoms with E-state index in [0.29, 0.717) is 29.4 Å². The molecule has 11 heteroatoms. The van der Waals surface area contributed by atoms with Crippen molar-refractivity contribution in [3.63, 3.8) is 0 Å². The molecule has 7 nitrogen and oxygen atoms in total. The molecule has 1 unspecified atom stereocenters. The van der Waals surface area contributed by atoms with Crippen LogP contribution in [0.5, 0.6) is 0 Å². The summed E-state index contributed by atoms with van der Waals surface area (Å²) >= 11 is 6.69. The zero-order valence-electron chi connectivity index (χ0n) is 12.8. The third-order valence-electron chi connectivity index (χ3n) is 3.74. The third kappa shape index (κ3) is 4.13. The van der Waals surface area contributed by atoms with Gasteiger partial charge in [-0.15, -0.1) is 12.4 Å². The van der Waals surface area contributed by atoms with Crippen LogP contribution in [0.4, 0.5) is 5.00 Å². The first-order valence-corrected chi connectivity index (χ1v) is 9.75. The average Bonchev–Trinajstić information content (AvgIpc) is 3.06. The molecule has 0 saturated carbocycles. The molecule has 2 heterocycles. The van der Waals surface area contributed by atoms with Crippen LogP contribution in [0.1, 0.15) is 11.6 Å². The van der Waals surface area contributed by atoms with E-state index < -0.39 is 21.0 Å². The highest BCUT2D eigenvalue weighted by Crippen LogP contribution is 2.34. The van der Waals surface area contributed by atoms with Gasteiger partial charge in [-0.25, -0.2) is 8.42 Å². The lowest BCUT2D eigenvalue weighted by molar-refractivity contribution is -0.380. The van der Waals surface area contributed by atoms with Gasteiger partial charge in [0, 0.05) is 30.7 Å². The van der Waals surface area contributed by atoms with E-state index in [1.807, 2.05) is 6.07 Å². The molecule has 2 aromatic rings. The van der Waals surface area contributed by atoms with Crippen molar-refractivity contribution >= 4 is 50.4 Å². The molecule has 0 aliphatic carbocycles. The molecule has 136 valence electrons. The van der Waals surface area contributed by atoms with Crippen molar-refractivity contribution < 1.29 is 13.3 Å². The molecule has 1 aliphatic heterocycles. The molecule has 25 heavy (non-hydrogen) atoms. The highest BCUT2D eigenvalue weighted by Gasteiger charge is 2.36. The van der Waals surface area contributed by atoms with E-state index in [2.05, 4.69) is 5.32 Å². The Labute approximate surface area is 160 Å². The highest BCUT2D eigenvalue weighted by molar-refractivity contribution is 7.91. The maximum Gasteiger partial charge on any atom is 0.325 e. The van der Waals surface area contributed by atoms with Crippen LogP contribution < -0.4 is 5.32 Å². The number of thiophene rings is 1. The number of nitro groups is 1. The quantitative estimate of drug-likeness (QED) is 0.602. The fourth-order valence-electron chi connectivity index (χ4n) is 2.63. The van der Waals surface area contributed by atoms with E-state index in [-0.39, 0.29) is 28.2 Å². The molecular formula is C14H15Cl2N3O4S2. The van der Waals surface area contributed by atoms with E-state index >= 15 is 0 Å². The van der Waals surface area contributed by atoms with Gasteiger partial charge in [0.25, 0.3) is 10.0 Å². The minimum atomic E-state index is -3.82. The molecule has 1 aromatic carbocycles. The second-order valence-electron chi connectivity index (χ2n) is 5.24. The summed E-state index contributed by atoms with van der Waals surface area (Å²) in [6, 6.07) is 9.14. The molecule has 1 fully saturated rings. The van der Waals surface area contributed by atoms with Crippen molar-refractivity contribution in [1.82, 2.24) is 9.62 Å². The van der Waals surface area contributed by atoms with Gasteiger partial charge >= 0.3 is 5.00 Å². The third-order valence-corrected chi connectivity index (χ3v) is 7.39. The Morgan fingerprint density at radius 1 is 1.32 bits per heavy atom. The summed E-state index contributed by atoms with van der Waals surface area (Å²) in [4.78, 5) is 10.2. The first-order chi connectivity index (χ1) is 11.4. The monoisotopic (exact) mass is 423 g/mol. The Morgan fingerprint density at radius 3 is 2.72 bits per heavy atom. The van der Waals surface area contributed by atoms with E-state index in [1.54, 1.807) is 18.2 Å². The first kappa shape index (κ1) is 20.1. The number of halogens is 2. The lowest BCUT2D eigenvalue weighted by Crippen LogP contribution is -2.48. The van der Waals surface area contributed by atoms with Gasteiger partial charge in [0.15, 0.2) is 0 Å². The van der Waals surface area contributed by atoms with Gasteiger partial charge in [-0.2, -0.15) is 4.31 Å². The lowest BCUT2D eigenvalue weighted by Gasteiger charge is -2.35. The number of hydrogen-bond acceptors (Lipinski definition) is 6. The van der Waals surface area contributed by atoms with Gasteiger partial charge in [-0.1, -0.05) is 23.7 Å². The number of hydrogen-bond donors (Lipinski definition) is 1. The van der Waals surface area contributed by atoms with Gasteiger partial charge in [0.1, 0.15) is 4.21 Å². The van der Waals surface area contributed by atoms with E-state index in [0.717, 1.165) is 5.56 Å². The minimum absolute atomic E-state index is 0. The Kier molecular flexibility index (Phi) is 6.41.